The molecular formula is C22H10Cl2N2O5S2. The van der Waals surface area contributed by atoms with Crippen LogP contribution in [0.15, 0.2) is 52.1 Å². The molecule has 0 amide bonds. The first-order chi connectivity index (χ1) is 15.8. The van der Waals surface area contributed by atoms with Gasteiger partial charge in [-0.05, 0) is 18.2 Å². The predicted octanol–water partition coefficient (Wildman–Crippen LogP) is 4.61. The van der Waals surface area contributed by atoms with E-state index in [1.807, 2.05) is 12.1 Å². The lowest BCUT2D eigenvalue weighted by Crippen LogP contribution is -2.13. The van der Waals surface area contributed by atoms with Gasteiger partial charge in [-0.25, -0.2) is 4.79 Å². The summed E-state index contributed by atoms with van der Waals surface area (Å²) in [5.74, 6) is -0.737. The van der Waals surface area contributed by atoms with Crippen LogP contribution in [-0.4, -0.2) is 17.7 Å². The molecule has 4 rings (SSSR count). The van der Waals surface area contributed by atoms with Crippen molar-refractivity contribution in [1.29, 1.82) is 10.5 Å². The van der Waals surface area contributed by atoms with E-state index in [2.05, 4.69) is 0 Å². The van der Waals surface area contributed by atoms with Gasteiger partial charge in [-0.3, -0.25) is 9.59 Å². The summed E-state index contributed by atoms with van der Waals surface area (Å²) in [6, 6.07) is 15.0. The number of hydrogen-bond donors (Lipinski definition) is 1. The minimum Gasteiger partial charge on any atom is -0.480 e. The summed E-state index contributed by atoms with van der Waals surface area (Å²) >= 11 is 13.1. The van der Waals surface area contributed by atoms with Gasteiger partial charge in [0, 0.05) is 15.8 Å². The molecule has 1 heterocycles. The molecule has 0 saturated heterocycles. The Morgan fingerprint density at radius 1 is 0.939 bits per heavy atom. The Kier molecular flexibility index (Phi) is 7.64. The van der Waals surface area contributed by atoms with E-state index in [1.54, 1.807) is 30.3 Å². The molecule has 2 aromatic rings. The lowest BCUT2D eigenvalue weighted by atomic mass is 10.1. The third-order valence-corrected chi connectivity index (χ3v) is 7.07. The number of carboxylic acids is 1. The van der Waals surface area contributed by atoms with Crippen molar-refractivity contribution in [2.45, 2.75) is 0 Å². The quantitative estimate of drug-likeness (QED) is 0.420. The number of carbonyl (C=O) groups is 1. The van der Waals surface area contributed by atoms with Crippen LogP contribution in [0.1, 0.15) is 9.75 Å². The van der Waals surface area contributed by atoms with Gasteiger partial charge in [0.05, 0.1) is 14.1 Å². The zero-order valence-electron chi connectivity index (χ0n) is 16.3. The van der Waals surface area contributed by atoms with Gasteiger partial charge in [0.15, 0.2) is 6.61 Å². The molecule has 0 saturated carbocycles. The van der Waals surface area contributed by atoms with Crippen molar-refractivity contribution >= 4 is 62.6 Å². The normalized spacial score (nSPS) is 10.1. The zero-order valence-corrected chi connectivity index (χ0v) is 19.4. The minimum atomic E-state index is -1.05. The number of hydrogen-bond acceptors (Lipinski definition) is 8. The predicted molar refractivity (Wildman–Crippen MR) is 127 cm³/mol. The monoisotopic (exact) mass is 516 g/mol. The minimum absolute atomic E-state index is 0.164. The van der Waals surface area contributed by atoms with Crippen molar-refractivity contribution < 1.29 is 14.6 Å². The molecule has 1 N–H and O–H groups in total. The van der Waals surface area contributed by atoms with Gasteiger partial charge >= 0.3 is 5.97 Å². The number of rotatable bonds is 3. The van der Waals surface area contributed by atoms with Crippen LogP contribution in [-0.2, 0) is 4.79 Å². The van der Waals surface area contributed by atoms with Crippen molar-refractivity contribution in [3.05, 3.63) is 91.8 Å². The van der Waals surface area contributed by atoms with Gasteiger partial charge in [0.1, 0.15) is 27.6 Å². The van der Waals surface area contributed by atoms with E-state index >= 15 is 0 Å². The molecule has 0 radical (unpaired) electrons. The molecule has 0 spiro atoms. The number of nitrogens with zero attached hydrogens (tertiary/aromatic N) is 2. The maximum Gasteiger partial charge on any atom is 0.341 e. The Morgan fingerprint density at radius 2 is 1.45 bits per heavy atom. The molecule has 1 aliphatic carbocycles. The second kappa shape index (κ2) is 10.4. The van der Waals surface area contributed by atoms with Gasteiger partial charge in [-0.2, -0.15) is 10.5 Å². The molecule has 7 nitrogen and oxygen atoms in total. The van der Waals surface area contributed by atoms with Gasteiger partial charge in [0.2, 0.25) is 10.9 Å². The lowest BCUT2D eigenvalue weighted by molar-refractivity contribution is -0.139. The van der Waals surface area contributed by atoms with Crippen LogP contribution in [0, 0.1) is 31.7 Å². The standard InChI is InChI=1S/C14H4N2O2S2.C8H6Cl2O3/c15-5-9-10(6-16)20-14-12(18)8-4-2-1-3-7(8)11(17)13(14)19-9;9-5-1-2-7(6(10)3-5)13-4-8(11)12/h1-4H;1-3H,4H2,(H,11,12). The molecule has 0 atom stereocenters. The van der Waals surface area contributed by atoms with Crippen molar-refractivity contribution in [3.63, 3.8) is 0 Å². The third-order valence-electron chi connectivity index (χ3n) is 4.10. The highest BCUT2D eigenvalue weighted by Crippen LogP contribution is 2.27. The first-order valence-electron chi connectivity index (χ1n) is 8.89. The van der Waals surface area contributed by atoms with Crippen molar-refractivity contribution in [1.82, 2.24) is 0 Å². The molecule has 0 fully saturated rings. The van der Waals surface area contributed by atoms with Gasteiger partial charge in [-0.1, -0.05) is 47.5 Å². The highest BCUT2D eigenvalue weighted by Gasteiger charge is 2.12. The highest BCUT2D eigenvalue weighted by atomic mass is 35.5. The summed E-state index contributed by atoms with van der Waals surface area (Å²) in [7, 11) is 0. The fourth-order valence-corrected chi connectivity index (χ4v) is 5.21. The fourth-order valence-electron chi connectivity index (χ4n) is 2.69. The number of fused-ring (bicyclic) bond motifs is 1. The molecular weight excluding hydrogens is 507 g/mol. The first-order valence-corrected chi connectivity index (χ1v) is 11.3. The van der Waals surface area contributed by atoms with E-state index in [1.165, 1.54) is 12.1 Å². The molecule has 11 heteroatoms. The SMILES string of the molecule is N#Cc1sc2c(=O)c3ccccc3c(=O)c=2sc1C#N.O=C(O)COc1ccc(Cl)cc1Cl. The Balaban J connectivity index is 0.000000205. The summed E-state index contributed by atoms with van der Waals surface area (Å²) in [5.41, 5.74) is -0.533. The second-order valence-corrected chi connectivity index (χ2v) is 9.09. The van der Waals surface area contributed by atoms with E-state index in [0.29, 0.717) is 26.6 Å². The fraction of sp³-hybridized carbons (Fsp3) is 0.0455. The Hall–Kier alpha value is -3.47. The molecule has 0 unspecified atom stereocenters. The number of halogens is 2. The van der Waals surface area contributed by atoms with E-state index in [0.717, 1.165) is 22.7 Å². The summed E-state index contributed by atoms with van der Waals surface area (Å²) in [4.78, 5) is 35.3. The zero-order chi connectivity index (χ0) is 24.1. The van der Waals surface area contributed by atoms with Crippen LogP contribution in [0.3, 0.4) is 0 Å². The Morgan fingerprint density at radius 3 is 1.88 bits per heavy atom. The average Bonchev–Trinajstić information content (AvgIpc) is 2.81. The molecule has 33 heavy (non-hydrogen) atoms. The number of aliphatic carboxylic acids is 1. The number of carboxylic acid groups (broad SMARTS) is 1. The Labute approximate surface area is 203 Å². The smallest absolute Gasteiger partial charge is 0.341 e. The maximum atomic E-state index is 12.4. The number of benzene rings is 2. The molecule has 2 aliphatic rings. The lowest BCUT2D eigenvalue weighted by Gasteiger charge is -2.04. The number of ether oxygens (including phenoxy) is 1. The number of nitriles is 2. The van der Waals surface area contributed by atoms with Gasteiger partial charge in [0.25, 0.3) is 0 Å². The van der Waals surface area contributed by atoms with Crippen LogP contribution in [0.5, 0.6) is 5.75 Å². The third kappa shape index (κ3) is 5.30. The molecule has 2 aromatic carbocycles. The second-order valence-electron chi connectivity index (χ2n) is 6.21. The van der Waals surface area contributed by atoms with E-state index in [9.17, 15) is 14.4 Å². The van der Waals surface area contributed by atoms with E-state index < -0.39 is 12.6 Å². The topological polar surface area (TPSA) is 128 Å². The van der Waals surface area contributed by atoms with Crippen LogP contribution >= 0.6 is 45.9 Å². The van der Waals surface area contributed by atoms with Crippen LogP contribution in [0.25, 0.3) is 10.8 Å². The highest BCUT2D eigenvalue weighted by molar-refractivity contribution is 7.18. The molecule has 164 valence electrons. The van der Waals surface area contributed by atoms with Gasteiger partial charge < -0.3 is 9.84 Å². The molecule has 0 bridgehead atoms. The van der Waals surface area contributed by atoms with Crippen LogP contribution in [0.2, 0.25) is 10.0 Å². The average molecular weight is 517 g/mol. The maximum absolute atomic E-state index is 12.4. The first kappa shape index (κ1) is 24.2. The van der Waals surface area contributed by atoms with Gasteiger partial charge in [-0.15, -0.1) is 22.7 Å². The van der Waals surface area contributed by atoms with Crippen molar-refractivity contribution in [3.8, 4) is 17.9 Å². The largest absolute Gasteiger partial charge is 0.480 e. The summed E-state index contributed by atoms with van der Waals surface area (Å²) in [5, 5.41) is 27.8. The summed E-state index contributed by atoms with van der Waals surface area (Å²) in [6.07, 6.45) is 0. The summed E-state index contributed by atoms with van der Waals surface area (Å²) < 4.78 is 5.35. The van der Waals surface area contributed by atoms with Crippen LogP contribution in [0.4, 0.5) is 0 Å². The Bertz CT molecular complexity index is 1560. The van der Waals surface area contributed by atoms with E-state index in [-0.39, 0.29) is 29.7 Å². The van der Waals surface area contributed by atoms with Crippen LogP contribution < -0.4 is 15.6 Å². The van der Waals surface area contributed by atoms with Crippen molar-refractivity contribution in [2.75, 3.05) is 6.61 Å². The molecule has 0 aromatic heterocycles. The van der Waals surface area contributed by atoms with E-state index in [4.69, 9.17) is 43.6 Å². The summed E-state index contributed by atoms with van der Waals surface area (Å²) in [6.45, 7) is -0.415. The molecule has 1 aliphatic heterocycles. The van der Waals surface area contributed by atoms with Crippen molar-refractivity contribution in [2.24, 2.45) is 0 Å².